The average Bonchev–Trinajstić information content (AvgIpc) is 3.10. The maximum absolute atomic E-state index is 11.5. The van der Waals surface area contributed by atoms with Crippen LogP contribution in [0.1, 0.15) is 31.1 Å². The predicted octanol–water partition coefficient (Wildman–Crippen LogP) is 3.15. The summed E-state index contributed by atoms with van der Waals surface area (Å²) in [6.45, 7) is 6.07. The van der Waals surface area contributed by atoms with Gasteiger partial charge < -0.3 is 9.64 Å². The molecular formula is C17H18N2O3S. The predicted molar refractivity (Wildman–Crippen MR) is 89.9 cm³/mol. The number of ether oxygens (including phenoxy) is 1. The molecule has 1 saturated heterocycles. The number of Topliss-reactive ketones (excluding diaryl/α,β-unsaturated/α-hetero) is 1. The van der Waals surface area contributed by atoms with Crippen molar-refractivity contribution in [2.75, 3.05) is 11.5 Å². The second-order valence-corrected chi connectivity index (χ2v) is 7.01. The number of thiazole rings is 1. The smallest absolute Gasteiger partial charge is 0.189 e. The van der Waals surface area contributed by atoms with Crippen LogP contribution in [0.2, 0.25) is 0 Å². The van der Waals surface area contributed by atoms with E-state index in [9.17, 15) is 9.59 Å². The molecule has 120 valence electrons. The summed E-state index contributed by atoms with van der Waals surface area (Å²) >= 11 is 1.47. The van der Waals surface area contributed by atoms with E-state index in [2.05, 4.69) is 4.98 Å². The maximum atomic E-state index is 11.5. The molecule has 1 aliphatic rings. The van der Waals surface area contributed by atoms with E-state index in [1.54, 1.807) is 13.0 Å². The van der Waals surface area contributed by atoms with Gasteiger partial charge in [0.05, 0.1) is 17.8 Å². The number of ketones is 1. The van der Waals surface area contributed by atoms with Gasteiger partial charge in [0, 0.05) is 16.5 Å². The normalized spacial score (nSPS) is 19.8. The third-order valence-corrected chi connectivity index (χ3v) is 4.73. The number of rotatable bonds is 4. The zero-order valence-corrected chi connectivity index (χ0v) is 14.1. The lowest BCUT2D eigenvalue weighted by Crippen LogP contribution is -2.45. The Hall–Kier alpha value is -2.05. The lowest BCUT2D eigenvalue weighted by Gasteiger charge is -2.30. The first-order valence-corrected chi connectivity index (χ1v) is 8.23. The fourth-order valence-electron chi connectivity index (χ4n) is 2.65. The van der Waals surface area contributed by atoms with E-state index in [-0.39, 0.29) is 11.3 Å². The molecule has 2 aromatic rings. The number of hydrogen-bond donors (Lipinski definition) is 0. The van der Waals surface area contributed by atoms with Gasteiger partial charge in [-0.3, -0.25) is 9.59 Å². The highest BCUT2D eigenvalue weighted by Gasteiger charge is 2.42. The van der Waals surface area contributed by atoms with Crippen molar-refractivity contribution in [3.8, 4) is 11.3 Å². The minimum Gasteiger partial charge on any atom is -0.349 e. The van der Waals surface area contributed by atoms with Crippen LogP contribution in [-0.2, 0) is 9.53 Å². The number of benzene rings is 1. The summed E-state index contributed by atoms with van der Waals surface area (Å²) in [6.07, 6.45) is 0.194. The highest BCUT2D eigenvalue weighted by molar-refractivity contribution is 7.14. The number of carbonyl (C=O) groups excluding carboxylic acids is 2. The van der Waals surface area contributed by atoms with Gasteiger partial charge in [-0.15, -0.1) is 11.3 Å². The molecule has 0 bridgehead atoms. The first-order valence-electron chi connectivity index (χ1n) is 7.35. The Morgan fingerprint density at radius 3 is 2.96 bits per heavy atom. The summed E-state index contributed by atoms with van der Waals surface area (Å²) in [5.41, 5.74) is 2.05. The van der Waals surface area contributed by atoms with Gasteiger partial charge in [0.1, 0.15) is 0 Å². The lowest BCUT2D eigenvalue weighted by molar-refractivity contribution is -0.115. The molecule has 5 nitrogen and oxygen atoms in total. The van der Waals surface area contributed by atoms with Crippen LogP contribution in [0.5, 0.6) is 0 Å². The summed E-state index contributed by atoms with van der Waals surface area (Å²) < 4.78 is 5.53. The van der Waals surface area contributed by atoms with Gasteiger partial charge >= 0.3 is 0 Å². The summed E-state index contributed by atoms with van der Waals surface area (Å²) in [6, 6.07) is 7.40. The van der Waals surface area contributed by atoms with Crippen molar-refractivity contribution in [3.05, 3.63) is 35.2 Å². The highest BCUT2D eigenvalue weighted by atomic mass is 32.1. The lowest BCUT2D eigenvalue weighted by atomic mass is 10.1. The Morgan fingerprint density at radius 1 is 1.48 bits per heavy atom. The van der Waals surface area contributed by atoms with Crippen LogP contribution in [0.4, 0.5) is 5.13 Å². The van der Waals surface area contributed by atoms with Crippen LogP contribution in [0.25, 0.3) is 11.3 Å². The van der Waals surface area contributed by atoms with Gasteiger partial charge in [0.25, 0.3) is 0 Å². The molecule has 1 unspecified atom stereocenters. The van der Waals surface area contributed by atoms with Crippen molar-refractivity contribution in [3.63, 3.8) is 0 Å². The maximum Gasteiger partial charge on any atom is 0.189 e. The summed E-state index contributed by atoms with van der Waals surface area (Å²) in [7, 11) is 0. The van der Waals surface area contributed by atoms with Gasteiger partial charge in [0.15, 0.2) is 23.4 Å². The molecule has 0 aliphatic carbocycles. The van der Waals surface area contributed by atoms with E-state index in [0.29, 0.717) is 12.2 Å². The van der Waals surface area contributed by atoms with Gasteiger partial charge in [-0.25, -0.2) is 4.98 Å². The van der Waals surface area contributed by atoms with Crippen LogP contribution in [-0.4, -0.2) is 35.4 Å². The Bertz CT molecular complexity index is 754. The van der Waals surface area contributed by atoms with E-state index in [1.165, 1.54) is 11.3 Å². The zero-order valence-electron chi connectivity index (χ0n) is 13.3. The molecule has 0 spiro atoms. The summed E-state index contributed by atoms with van der Waals surface area (Å²) in [5, 5.41) is 2.68. The molecule has 1 atom stereocenters. The number of anilines is 1. The molecule has 6 heteroatoms. The van der Waals surface area contributed by atoms with Crippen LogP contribution >= 0.6 is 11.3 Å². The number of nitrogens with zero attached hydrogens (tertiary/aromatic N) is 2. The van der Waals surface area contributed by atoms with Gasteiger partial charge in [-0.05, 0) is 26.8 Å². The highest BCUT2D eigenvalue weighted by Crippen LogP contribution is 2.36. The second-order valence-electron chi connectivity index (χ2n) is 6.17. The van der Waals surface area contributed by atoms with Crippen LogP contribution in [0.3, 0.4) is 0 Å². The first kappa shape index (κ1) is 15.8. The van der Waals surface area contributed by atoms with Crippen molar-refractivity contribution in [1.29, 1.82) is 0 Å². The Balaban J connectivity index is 1.96. The monoisotopic (exact) mass is 330 g/mol. The van der Waals surface area contributed by atoms with Crippen molar-refractivity contribution in [1.82, 2.24) is 4.98 Å². The first-order chi connectivity index (χ1) is 10.9. The Labute approximate surface area is 138 Å². The standard InChI is InChI=1S/C17H18N2O3S/c1-11(21)12-5-4-6-13(7-12)14-9-23-16(18-14)19-15(8-20)22-10-17(19,2)3/h4-9,15H,10H2,1-3H3. The fraction of sp³-hybridized carbons (Fsp3) is 0.353. The molecule has 23 heavy (non-hydrogen) atoms. The number of hydrogen-bond acceptors (Lipinski definition) is 6. The molecule has 0 N–H and O–H groups in total. The second kappa shape index (κ2) is 5.86. The summed E-state index contributed by atoms with van der Waals surface area (Å²) in [4.78, 5) is 29.3. The molecule has 1 fully saturated rings. The Kier molecular flexibility index (Phi) is 4.04. The van der Waals surface area contributed by atoms with Crippen LogP contribution in [0.15, 0.2) is 29.6 Å². The minimum absolute atomic E-state index is 0.0254. The number of carbonyl (C=O) groups is 2. The minimum atomic E-state index is -0.604. The average molecular weight is 330 g/mol. The van der Waals surface area contributed by atoms with Crippen molar-refractivity contribution >= 4 is 28.5 Å². The molecule has 1 aromatic heterocycles. The van der Waals surface area contributed by atoms with E-state index >= 15 is 0 Å². The number of aromatic nitrogens is 1. The van der Waals surface area contributed by atoms with Crippen molar-refractivity contribution in [2.24, 2.45) is 0 Å². The van der Waals surface area contributed by atoms with E-state index in [1.807, 2.05) is 42.3 Å². The molecule has 0 amide bonds. The van der Waals surface area contributed by atoms with Crippen LogP contribution < -0.4 is 4.90 Å². The molecule has 1 aliphatic heterocycles. The quantitative estimate of drug-likeness (QED) is 0.636. The fourth-order valence-corrected chi connectivity index (χ4v) is 3.67. The molecule has 1 aromatic carbocycles. The molecule has 0 radical (unpaired) electrons. The van der Waals surface area contributed by atoms with E-state index < -0.39 is 6.23 Å². The van der Waals surface area contributed by atoms with E-state index in [0.717, 1.165) is 22.7 Å². The van der Waals surface area contributed by atoms with Gasteiger partial charge in [0.2, 0.25) is 0 Å². The summed E-state index contributed by atoms with van der Waals surface area (Å²) in [5.74, 6) is 0.0254. The molecule has 0 saturated carbocycles. The third-order valence-electron chi connectivity index (χ3n) is 3.89. The third kappa shape index (κ3) is 2.92. The Morgan fingerprint density at radius 2 is 2.26 bits per heavy atom. The topological polar surface area (TPSA) is 59.5 Å². The largest absolute Gasteiger partial charge is 0.349 e. The molecular weight excluding hydrogens is 312 g/mol. The van der Waals surface area contributed by atoms with Crippen molar-refractivity contribution < 1.29 is 14.3 Å². The zero-order chi connectivity index (χ0) is 16.6. The van der Waals surface area contributed by atoms with Gasteiger partial charge in [-0.2, -0.15) is 0 Å². The van der Waals surface area contributed by atoms with E-state index in [4.69, 9.17) is 4.74 Å². The van der Waals surface area contributed by atoms with Crippen LogP contribution in [0, 0.1) is 0 Å². The molecule has 2 heterocycles. The van der Waals surface area contributed by atoms with Gasteiger partial charge in [-0.1, -0.05) is 18.2 Å². The SMILES string of the molecule is CC(=O)c1cccc(-c2csc(N3C(C=O)OCC3(C)C)n2)c1. The van der Waals surface area contributed by atoms with Crippen molar-refractivity contribution in [2.45, 2.75) is 32.5 Å². The molecule has 3 rings (SSSR count). The number of aldehydes is 1.